The number of hydrogen-bond acceptors (Lipinski definition) is 3. The zero-order valence-corrected chi connectivity index (χ0v) is 13.8. The molecule has 0 spiro atoms. The molecule has 1 aliphatic rings. The van der Waals surface area contributed by atoms with E-state index < -0.39 is 11.9 Å². The molecule has 0 amide bonds. The Labute approximate surface area is 140 Å². The Morgan fingerprint density at radius 2 is 1.83 bits per heavy atom. The minimum absolute atomic E-state index is 0.104. The molecule has 0 unspecified atom stereocenters. The van der Waals surface area contributed by atoms with Crippen LogP contribution in [-0.4, -0.2) is 44.7 Å². The summed E-state index contributed by atoms with van der Waals surface area (Å²) in [5.74, 6) is -1.57. The second-order valence-electron chi connectivity index (χ2n) is 6.41. The molecule has 6 nitrogen and oxygen atoms in total. The van der Waals surface area contributed by atoms with Gasteiger partial charge in [-0.3, -0.25) is 14.5 Å². The van der Waals surface area contributed by atoms with Crippen LogP contribution in [0.4, 0.5) is 0 Å². The quantitative estimate of drug-likeness (QED) is 0.849. The van der Waals surface area contributed by atoms with Gasteiger partial charge in [0.2, 0.25) is 0 Å². The molecule has 1 aliphatic heterocycles. The third-order valence-electron chi connectivity index (χ3n) is 4.68. The summed E-state index contributed by atoms with van der Waals surface area (Å²) in [5, 5.41) is 19.1. The zero-order valence-electron chi connectivity index (χ0n) is 13.8. The van der Waals surface area contributed by atoms with E-state index in [0.717, 1.165) is 30.4 Å². The molecular formula is C18H22N2O4. The fourth-order valence-electron chi connectivity index (χ4n) is 3.53. The zero-order chi connectivity index (χ0) is 17.3. The number of aromatic nitrogens is 1. The molecule has 0 radical (unpaired) electrons. The molecule has 2 heterocycles. The van der Waals surface area contributed by atoms with Crippen molar-refractivity contribution in [1.29, 1.82) is 0 Å². The summed E-state index contributed by atoms with van der Waals surface area (Å²) in [6.07, 6.45) is 1.07. The van der Waals surface area contributed by atoms with Gasteiger partial charge in [0.1, 0.15) is 0 Å². The molecule has 0 bridgehead atoms. The van der Waals surface area contributed by atoms with Gasteiger partial charge < -0.3 is 14.8 Å². The Bertz CT molecular complexity index is 794. The van der Waals surface area contributed by atoms with Gasteiger partial charge in [0.05, 0.1) is 12.8 Å². The van der Waals surface area contributed by atoms with Crippen molar-refractivity contribution in [2.24, 2.45) is 0 Å². The second kappa shape index (κ2) is 6.65. The van der Waals surface area contributed by atoms with Crippen molar-refractivity contribution in [3.8, 4) is 0 Å². The number of nitrogens with zero attached hydrogens (tertiary/aromatic N) is 2. The molecule has 1 aromatic heterocycles. The Balaban J connectivity index is 1.96. The van der Waals surface area contributed by atoms with Crippen molar-refractivity contribution in [2.75, 3.05) is 13.1 Å². The predicted molar refractivity (Wildman–Crippen MR) is 90.2 cm³/mol. The molecule has 128 valence electrons. The third kappa shape index (κ3) is 3.28. The molecule has 0 aliphatic carbocycles. The number of carbonyl (C=O) groups is 2. The predicted octanol–water partition coefficient (Wildman–Crippen LogP) is 2.26. The Hall–Kier alpha value is -2.34. The van der Waals surface area contributed by atoms with Gasteiger partial charge in [-0.15, -0.1) is 0 Å². The van der Waals surface area contributed by atoms with Crippen LogP contribution in [0.15, 0.2) is 18.2 Å². The summed E-state index contributed by atoms with van der Waals surface area (Å²) in [4.78, 5) is 24.0. The average molecular weight is 330 g/mol. The number of aliphatic carboxylic acids is 2. The highest BCUT2D eigenvalue weighted by atomic mass is 16.4. The smallest absolute Gasteiger partial charge is 0.305 e. The SMILES string of the molecule is Cc1ccc2c(c1)c1c(n2CCC(=O)O)CCN(CCC(=O)O)C1. The van der Waals surface area contributed by atoms with Gasteiger partial charge in [-0.2, -0.15) is 0 Å². The van der Waals surface area contributed by atoms with E-state index in [1.807, 2.05) is 13.0 Å². The van der Waals surface area contributed by atoms with Crippen LogP contribution in [0.1, 0.15) is 29.7 Å². The van der Waals surface area contributed by atoms with Crippen LogP contribution >= 0.6 is 0 Å². The summed E-state index contributed by atoms with van der Waals surface area (Å²) >= 11 is 0. The van der Waals surface area contributed by atoms with Crippen molar-refractivity contribution in [3.05, 3.63) is 35.0 Å². The Kier molecular flexibility index (Phi) is 4.57. The lowest BCUT2D eigenvalue weighted by Crippen LogP contribution is -2.32. The fourth-order valence-corrected chi connectivity index (χ4v) is 3.53. The number of carboxylic acids is 2. The topological polar surface area (TPSA) is 82.8 Å². The number of rotatable bonds is 6. The van der Waals surface area contributed by atoms with Crippen LogP contribution in [-0.2, 0) is 29.1 Å². The van der Waals surface area contributed by atoms with Gasteiger partial charge in [0.25, 0.3) is 0 Å². The maximum Gasteiger partial charge on any atom is 0.305 e. The summed E-state index contributed by atoms with van der Waals surface area (Å²) in [7, 11) is 0. The summed E-state index contributed by atoms with van der Waals surface area (Å²) < 4.78 is 2.13. The first-order chi connectivity index (χ1) is 11.5. The number of benzene rings is 1. The van der Waals surface area contributed by atoms with Gasteiger partial charge in [-0.25, -0.2) is 0 Å². The molecule has 2 N–H and O–H groups in total. The lowest BCUT2D eigenvalue weighted by Gasteiger charge is -2.27. The van der Waals surface area contributed by atoms with Crippen molar-refractivity contribution in [3.63, 3.8) is 0 Å². The minimum Gasteiger partial charge on any atom is -0.481 e. The average Bonchev–Trinajstić information content (AvgIpc) is 2.83. The first kappa shape index (κ1) is 16.5. The van der Waals surface area contributed by atoms with E-state index in [9.17, 15) is 9.59 Å². The molecule has 0 saturated heterocycles. The molecular weight excluding hydrogens is 308 g/mol. The van der Waals surface area contributed by atoms with Gasteiger partial charge in [0, 0.05) is 49.2 Å². The van der Waals surface area contributed by atoms with Crippen molar-refractivity contribution in [2.45, 2.75) is 39.3 Å². The lowest BCUT2D eigenvalue weighted by atomic mass is 10.0. The second-order valence-corrected chi connectivity index (χ2v) is 6.41. The maximum atomic E-state index is 11.0. The molecule has 0 atom stereocenters. The van der Waals surface area contributed by atoms with Gasteiger partial charge in [-0.05, 0) is 24.6 Å². The fraction of sp³-hybridized carbons (Fsp3) is 0.444. The number of aryl methyl sites for hydroxylation is 2. The summed E-state index contributed by atoms with van der Waals surface area (Å²) in [6.45, 7) is 4.60. The Morgan fingerprint density at radius 3 is 2.54 bits per heavy atom. The van der Waals surface area contributed by atoms with E-state index in [1.54, 1.807) is 0 Å². The first-order valence-corrected chi connectivity index (χ1v) is 8.22. The normalized spacial score (nSPS) is 14.7. The molecule has 24 heavy (non-hydrogen) atoms. The van der Waals surface area contributed by atoms with E-state index in [-0.39, 0.29) is 12.8 Å². The highest BCUT2D eigenvalue weighted by molar-refractivity contribution is 5.86. The molecule has 0 fully saturated rings. The minimum atomic E-state index is -0.795. The van der Waals surface area contributed by atoms with E-state index in [0.29, 0.717) is 13.1 Å². The van der Waals surface area contributed by atoms with E-state index in [1.165, 1.54) is 16.8 Å². The van der Waals surface area contributed by atoms with Gasteiger partial charge in [-0.1, -0.05) is 11.6 Å². The molecule has 2 aromatic rings. The standard InChI is InChI=1S/C18H22N2O4/c1-12-2-3-15-13(10-12)14-11-19(8-5-17(21)22)7-4-16(14)20(15)9-6-18(23)24/h2-3,10H,4-9,11H2,1H3,(H,21,22)(H,23,24). The lowest BCUT2D eigenvalue weighted by molar-refractivity contribution is -0.138. The van der Waals surface area contributed by atoms with Crippen molar-refractivity contribution >= 4 is 22.8 Å². The van der Waals surface area contributed by atoms with Crippen LogP contribution in [0.3, 0.4) is 0 Å². The molecule has 1 aromatic carbocycles. The van der Waals surface area contributed by atoms with E-state index >= 15 is 0 Å². The van der Waals surface area contributed by atoms with Crippen LogP contribution < -0.4 is 0 Å². The summed E-state index contributed by atoms with van der Waals surface area (Å²) in [6, 6.07) is 6.26. The molecule has 3 rings (SSSR count). The number of fused-ring (bicyclic) bond motifs is 3. The van der Waals surface area contributed by atoms with Crippen molar-refractivity contribution in [1.82, 2.24) is 9.47 Å². The van der Waals surface area contributed by atoms with Crippen LogP contribution in [0, 0.1) is 6.92 Å². The van der Waals surface area contributed by atoms with Gasteiger partial charge in [0.15, 0.2) is 0 Å². The number of hydrogen-bond donors (Lipinski definition) is 2. The number of carboxylic acid groups (broad SMARTS) is 2. The summed E-state index contributed by atoms with van der Waals surface area (Å²) in [5.41, 5.74) is 4.66. The van der Waals surface area contributed by atoms with E-state index in [2.05, 4.69) is 21.6 Å². The highest BCUT2D eigenvalue weighted by Gasteiger charge is 2.24. The Morgan fingerprint density at radius 1 is 1.12 bits per heavy atom. The molecule has 0 saturated carbocycles. The van der Waals surface area contributed by atoms with Crippen LogP contribution in [0.5, 0.6) is 0 Å². The van der Waals surface area contributed by atoms with Crippen molar-refractivity contribution < 1.29 is 19.8 Å². The highest BCUT2D eigenvalue weighted by Crippen LogP contribution is 2.32. The van der Waals surface area contributed by atoms with Crippen LogP contribution in [0.25, 0.3) is 10.9 Å². The van der Waals surface area contributed by atoms with Crippen LogP contribution in [0.2, 0.25) is 0 Å². The van der Waals surface area contributed by atoms with Gasteiger partial charge >= 0.3 is 11.9 Å². The third-order valence-corrected chi connectivity index (χ3v) is 4.68. The monoisotopic (exact) mass is 330 g/mol. The first-order valence-electron chi connectivity index (χ1n) is 8.22. The van der Waals surface area contributed by atoms with E-state index in [4.69, 9.17) is 10.2 Å². The molecule has 6 heteroatoms. The maximum absolute atomic E-state index is 11.0. The largest absolute Gasteiger partial charge is 0.481 e.